The minimum absolute atomic E-state index is 0.786. The Morgan fingerprint density at radius 3 is 0.850 bits per heavy atom. The fourth-order valence-corrected chi connectivity index (χ4v) is 21.7. The maximum Gasteiger partial charge on any atom is 0.159 e. The summed E-state index contributed by atoms with van der Waals surface area (Å²) in [6.45, 7) is 0. The van der Waals surface area contributed by atoms with Gasteiger partial charge in [-0.2, -0.15) is 0 Å². The highest BCUT2D eigenvalue weighted by Crippen LogP contribution is 2.59. The predicted octanol–water partition coefficient (Wildman–Crippen LogP) is 38.2. The van der Waals surface area contributed by atoms with Gasteiger partial charge in [0.15, 0.2) is 11.2 Å². The van der Waals surface area contributed by atoms with Gasteiger partial charge >= 0.3 is 0 Å². The molecule has 0 saturated carbocycles. The fraction of sp³-hybridized carbons (Fsp3) is 0. The molecular weight excluding hydrogens is 1710 g/mol. The molecule has 656 valence electrons. The summed E-state index contributed by atoms with van der Waals surface area (Å²) in [7, 11) is 0. The summed E-state index contributed by atoms with van der Waals surface area (Å²) >= 11 is 0. The van der Waals surface area contributed by atoms with Crippen LogP contribution in [0.4, 0.5) is 68.2 Å². The van der Waals surface area contributed by atoms with Gasteiger partial charge in [0, 0.05) is 106 Å². The summed E-state index contributed by atoms with van der Waals surface area (Å²) in [6, 6.07) is 182. The lowest BCUT2D eigenvalue weighted by Gasteiger charge is -2.31. The Morgan fingerprint density at radius 1 is 0.136 bits per heavy atom. The van der Waals surface area contributed by atoms with Crippen LogP contribution in [-0.4, -0.2) is 0 Å². The third-order valence-electron chi connectivity index (χ3n) is 28.0. The van der Waals surface area contributed by atoms with Crippen molar-refractivity contribution in [2.75, 3.05) is 19.6 Å². The zero-order chi connectivity index (χ0) is 92.2. The summed E-state index contributed by atoms with van der Waals surface area (Å²) in [6.07, 6.45) is 0. The molecule has 140 heavy (non-hydrogen) atoms. The highest BCUT2D eigenvalue weighted by Gasteiger charge is 2.33. The lowest BCUT2D eigenvalue weighted by Crippen LogP contribution is -2.12. The largest absolute Gasteiger partial charge is 0.456 e. The number of nitrogens with zero attached hydrogens (tertiary/aromatic N) is 4. The minimum Gasteiger partial charge on any atom is -0.456 e. The molecule has 0 atom stereocenters. The van der Waals surface area contributed by atoms with E-state index in [1.807, 2.05) is 18.2 Å². The van der Waals surface area contributed by atoms with Crippen LogP contribution in [0.5, 0.6) is 23.0 Å². The van der Waals surface area contributed by atoms with Gasteiger partial charge in [0.2, 0.25) is 0 Å². The van der Waals surface area contributed by atoms with Crippen molar-refractivity contribution in [3.63, 3.8) is 0 Å². The molecule has 28 rings (SSSR count). The van der Waals surface area contributed by atoms with Crippen LogP contribution in [0.3, 0.4) is 0 Å². The van der Waals surface area contributed by atoms with E-state index >= 15 is 0 Å². The van der Waals surface area contributed by atoms with E-state index in [0.717, 1.165) is 245 Å². The van der Waals surface area contributed by atoms with E-state index in [-0.39, 0.29) is 0 Å². The molecule has 0 bridgehead atoms. The first-order chi connectivity index (χ1) is 69.5. The van der Waals surface area contributed by atoms with E-state index < -0.39 is 0 Å². The van der Waals surface area contributed by atoms with E-state index in [4.69, 9.17) is 18.3 Å². The lowest BCUT2D eigenvalue weighted by atomic mass is 9.86. The van der Waals surface area contributed by atoms with Crippen molar-refractivity contribution in [2.24, 2.45) is 0 Å². The van der Waals surface area contributed by atoms with Gasteiger partial charge in [0.25, 0.3) is 0 Å². The molecule has 4 heterocycles. The summed E-state index contributed by atoms with van der Waals surface area (Å²) in [4.78, 5) is 9.44. The Balaban J connectivity index is 0.000000141. The molecule has 0 aliphatic carbocycles. The molecule has 26 aromatic rings. The summed E-state index contributed by atoms with van der Waals surface area (Å²) in [5, 5.41) is 18.1. The van der Waals surface area contributed by atoms with E-state index in [9.17, 15) is 0 Å². The van der Waals surface area contributed by atoms with Gasteiger partial charge in [0.05, 0.1) is 39.8 Å². The van der Waals surface area contributed by atoms with Crippen molar-refractivity contribution in [3.8, 4) is 89.8 Å². The molecule has 0 N–H and O–H groups in total. The SMILES string of the molecule is c1ccc(-c2cc3c4c(cc5c6ccccc6c(N(c6ccccc6)c6cccc7c6oc6ccccc67)cc5c4c2)-c2ccc(N(c4ccccc4)c4cccc5c4oc4ccccc45)cc2O3)cc1.c1ccc(-c2cc3c4c(cc5c6ccccc6c(N(c6ccccc6)c6ccccc6-c6ccccc6)cc5c4c2)-c2ccc(N(c4ccccc4)c4ccccc4-c4ccccc4)cc2O3)cc1. The van der Waals surface area contributed by atoms with Gasteiger partial charge in [0.1, 0.15) is 34.2 Å². The smallest absolute Gasteiger partial charge is 0.159 e. The molecule has 8 heteroatoms. The van der Waals surface area contributed by atoms with Crippen molar-refractivity contribution < 1.29 is 18.3 Å². The number of fused-ring (bicyclic) bond motifs is 18. The second kappa shape index (κ2) is 33.7. The molecule has 24 aromatic carbocycles. The molecule has 0 unspecified atom stereocenters. The average molecular weight is 1790 g/mol. The van der Waals surface area contributed by atoms with E-state index in [0.29, 0.717) is 0 Å². The van der Waals surface area contributed by atoms with Crippen LogP contribution >= 0.6 is 0 Å². The van der Waals surface area contributed by atoms with E-state index in [2.05, 4.69) is 511 Å². The number of benzene rings is 24. The van der Waals surface area contributed by atoms with Gasteiger partial charge < -0.3 is 37.9 Å². The highest BCUT2D eigenvalue weighted by molar-refractivity contribution is 6.29. The molecule has 0 radical (unpaired) electrons. The Hall–Kier alpha value is -18.8. The van der Waals surface area contributed by atoms with Gasteiger partial charge in [-0.25, -0.2) is 0 Å². The van der Waals surface area contributed by atoms with E-state index in [1.165, 1.54) is 21.7 Å². The van der Waals surface area contributed by atoms with Crippen molar-refractivity contribution in [1.82, 2.24) is 0 Å². The van der Waals surface area contributed by atoms with Crippen LogP contribution in [0.1, 0.15) is 0 Å². The molecule has 8 nitrogen and oxygen atoms in total. The number of hydrogen-bond acceptors (Lipinski definition) is 8. The van der Waals surface area contributed by atoms with E-state index in [1.54, 1.807) is 0 Å². The monoisotopic (exact) mass is 1790 g/mol. The predicted molar refractivity (Wildman–Crippen MR) is 584 cm³/mol. The van der Waals surface area contributed by atoms with Crippen molar-refractivity contribution in [1.29, 1.82) is 0 Å². The second-order valence-corrected chi connectivity index (χ2v) is 36.0. The van der Waals surface area contributed by atoms with Crippen LogP contribution in [-0.2, 0) is 0 Å². The molecule has 0 spiro atoms. The van der Waals surface area contributed by atoms with Crippen molar-refractivity contribution in [3.05, 3.63) is 510 Å². The lowest BCUT2D eigenvalue weighted by molar-refractivity contribution is 0.487. The molecule has 0 saturated heterocycles. The fourth-order valence-electron chi connectivity index (χ4n) is 21.7. The number of furan rings is 2. The van der Waals surface area contributed by atoms with Crippen LogP contribution in [0.25, 0.3) is 175 Å². The first-order valence-electron chi connectivity index (χ1n) is 47.6. The first kappa shape index (κ1) is 80.9. The highest BCUT2D eigenvalue weighted by atomic mass is 16.5. The number of para-hydroxylation sites is 10. The molecule has 2 aliphatic rings. The Morgan fingerprint density at radius 2 is 0.436 bits per heavy atom. The molecular formula is C132H84N4O4. The quantitative estimate of drug-likeness (QED) is 0.0887. The van der Waals surface area contributed by atoms with Gasteiger partial charge in [-0.1, -0.05) is 340 Å². The van der Waals surface area contributed by atoms with Gasteiger partial charge in [-0.05, 0) is 245 Å². The number of rotatable bonds is 16. The third-order valence-corrected chi connectivity index (χ3v) is 28.0. The Labute approximate surface area is 808 Å². The second-order valence-electron chi connectivity index (χ2n) is 36.0. The Bertz CT molecular complexity index is 9380. The maximum absolute atomic E-state index is 7.27. The zero-order valence-corrected chi connectivity index (χ0v) is 75.9. The summed E-state index contributed by atoms with van der Waals surface area (Å²) in [5.74, 6) is 3.26. The van der Waals surface area contributed by atoms with Gasteiger partial charge in [-0.3, -0.25) is 0 Å². The van der Waals surface area contributed by atoms with Gasteiger partial charge in [-0.15, -0.1) is 0 Å². The molecule has 0 amide bonds. The van der Waals surface area contributed by atoms with Crippen LogP contribution in [0, 0.1) is 0 Å². The zero-order valence-electron chi connectivity index (χ0n) is 75.9. The van der Waals surface area contributed by atoms with Crippen molar-refractivity contribution >= 4 is 177 Å². The summed E-state index contributed by atoms with van der Waals surface area (Å²) in [5.41, 5.74) is 29.3. The normalized spacial score (nSPS) is 11.8. The maximum atomic E-state index is 7.27. The molecule has 2 aliphatic heterocycles. The molecule has 0 fully saturated rings. The van der Waals surface area contributed by atoms with Crippen molar-refractivity contribution in [2.45, 2.75) is 0 Å². The standard InChI is InChI=1S/C66H40N2O3.C66H44N2O/c1-4-18-41(19-5-1)42-36-55-54-40-59(68(44-22-8-3-9-23-44)58-31-17-29-52-49-27-13-15-33-61(49)71-66(52)58)47-25-11-10-24-46(47)53(54)39-56-50-35-34-45(38-62(50)69-63(37-42)64(55)56)67(43-20-6-2-7-21-43)57-30-16-28-51-48-26-12-14-32-60(48)70-65(51)57;1-6-22-45(23-7-1)48-40-59-58-44-63(68(50-30-14-5-15-31-50)62-37-21-19-33-53(62)47-26-10-3-11-27-47)55-35-17-16-34-54(55)57(58)43-60-56-39-38-51(42-64(56)69-65(41-48)66(59)60)67(49-28-12-4-13-29-49)61-36-20-18-32-52(61)46-24-8-2-9-25-46/h1-40H;1-44H. The van der Waals surface area contributed by atoms with Crippen LogP contribution in [0.2, 0.25) is 0 Å². The first-order valence-corrected chi connectivity index (χ1v) is 47.6. The minimum atomic E-state index is 0.786. The molecule has 2 aromatic heterocycles. The third kappa shape index (κ3) is 13.7. The number of hydrogen-bond donors (Lipinski definition) is 0. The topological polar surface area (TPSA) is 57.7 Å². The van der Waals surface area contributed by atoms with Crippen LogP contribution in [0.15, 0.2) is 518 Å². The Kier molecular flexibility index (Phi) is 19.5. The number of ether oxygens (including phenoxy) is 2. The van der Waals surface area contributed by atoms with Crippen LogP contribution < -0.4 is 29.1 Å². The average Bonchev–Trinajstić information content (AvgIpc) is 0.850. The summed E-state index contributed by atoms with van der Waals surface area (Å²) < 4.78 is 28.0. The number of anilines is 12.